The van der Waals surface area contributed by atoms with E-state index in [0.717, 1.165) is 41.5 Å². The summed E-state index contributed by atoms with van der Waals surface area (Å²) in [6, 6.07) is 15.5. The van der Waals surface area contributed by atoms with Crippen LogP contribution in [0.25, 0.3) is 11.1 Å². The number of aromatic nitrogens is 2. The Morgan fingerprint density at radius 3 is 1.67 bits per heavy atom. The summed E-state index contributed by atoms with van der Waals surface area (Å²) >= 11 is 5.83. The fraction of sp³-hybridized carbons (Fsp3) is 0.556. The lowest BCUT2D eigenvalue weighted by atomic mass is 9.99. The number of nitrogens with one attached hydrogen (secondary N) is 5. The van der Waals surface area contributed by atoms with Crippen LogP contribution in [0.4, 0.5) is 11.6 Å². The second-order valence-electron chi connectivity index (χ2n) is 16.7. The SMILES string of the molecule is CC(=O)NC(CCCCN(C[C@H](O)[C@@H](O)[C@H](O)[C@H](O)CO)C[C@H](O)[C@@H](O)[C@H](O)[C@H](O)CO)C(=O)NCCCc1ccc(-c2ccc(CCCCNC(=N)NC(=O)c3nc(Cl)c(N)nc3N)cc2)cc1. The topological polar surface area (TPSA) is 407 Å². The number of anilines is 2. The molecule has 384 valence electrons. The van der Waals surface area contributed by atoms with Crippen LogP contribution in [-0.4, -0.2) is 190 Å². The minimum Gasteiger partial charge on any atom is -0.394 e. The molecule has 3 aromatic rings. The Balaban J connectivity index is 1.42. The van der Waals surface area contributed by atoms with E-state index in [0.29, 0.717) is 38.8 Å². The van der Waals surface area contributed by atoms with Crippen molar-refractivity contribution in [1.29, 1.82) is 5.41 Å². The zero-order valence-corrected chi connectivity index (χ0v) is 39.2. The normalized spacial score (nSPS) is 15.5. The fourth-order valence-electron chi connectivity index (χ4n) is 7.17. The summed E-state index contributed by atoms with van der Waals surface area (Å²) in [4.78, 5) is 46.5. The van der Waals surface area contributed by atoms with Gasteiger partial charge in [0.1, 0.15) is 42.7 Å². The first-order valence-corrected chi connectivity index (χ1v) is 23.0. The summed E-state index contributed by atoms with van der Waals surface area (Å²) in [5, 5.41) is 118. The van der Waals surface area contributed by atoms with Gasteiger partial charge in [0.15, 0.2) is 28.4 Å². The first-order valence-electron chi connectivity index (χ1n) is 22.6. The van der Waals surface area contributed by atoms with Crippen LogP contribution in [0.3, 0.4) is 0 Å². The number of carbonyl (C=O) groups excluding carboxylic acids is 3. The maximum Gasteiger partial charge on any atom is 0.280 e. The monoisotopic (exact) mass is 992 g/mol. The summed E-state index contributed by atoms with van der Waals surface area (Å²) in [6.07, 6.45) is -10.1. The Morgan fingerprint density at radius 1 is 0.667 bits per heavy atom. The molecule has 3 rings (SSSR count). The minimum atomic E-state index is -1.92. The molecule has 2 aromatic carbocycles. The van der Waals surface area contributed by atoms with Gasteiger partial charge in [0, 0.05) is 33.1 Å². The van der Waals surface area contributed by atoms with Crippen molar-refractivity contribution in [3.8, 4) is 11.1 Å². The van der Waals surface area contributed by atoms with Gasteiger partial charge in [-0.1, -0.05) is 60.1 Å². The number of hydrogen-bond acceptors (Lipinski definition) is 19. The molecule has 1 heterocycles. The quantitative estimate of drug-likeness (QED) is 0.0181. The third kappa shape index (κ3) is 19.6. The number of aliphatic hydroxyl groups is 10. The Kier molecular flexibility index (Phi) is 25.1. The lowest BCUT2D eigenvalue weighted by Gasteiger charge is -2.33. The number of aryl methyl sites for hydroxylation is 2. The largest absolute Gasteiger partial charge is 0.394 e. The van der Waals surface area contributed by atoms with Gasteiger partial charge in [0.25, 0.3) is 5.91 Å². The van der Waals surface area contributed by atoms with E-state index in [1.807, 2.05) is 24.3 Å². The molecule has 1 aromatic heterocycles. The number of benzene rings is 2. The Hall–Kier alpha value is -5.15. The van der Waals surface area contributed by atoms with Crippen molar-refractivity contribution in [2.75, 3.05) is 57.4 Å². The van der Waals surface area contributed by atoms with E-state index < -0.39 is 98.9 Å². The van der Waals surface area contributed by atoms with Crippen molar-refractivity contribution in [2.45, 2.75) is 113 Å². The third-order valence-corrected chi connectivity index (χ3v) is 11.5. The van der Waals surface area contributed by atoms with E-state index in [2.05, 4.69) is 55.5 Å². The zero-order chi connectivity index (χ0) is 51.2. The highest BCUT2D eigenvalue weighted by molar-refractivity contribution is 6.31. The second kappa shape index (κ2) is 29.8. The van der Waals surface area contributed by atoms with Crippen molar-refractivity contribution >= 4 is 46.9 Å². The number of halogens is 1. The number of nitrogens with two attached hydrogens (primary N) is 2. The van der Waals surface area contributed by atoms with Crippen LogP contribution in [0.5, 0.6) is 0 Å². The van der Waals surface area contributed by atoms with Crippen LogP contribution in [-0.2, 0) is 22.4 Å². The highest BCUT2D eigenvalue weighted by Crippen LogP contribution is 2.22. The van der Waals surface area contributed by atoms with Gasteiger partial charge in [-0.2, -0.15) is 0 Å². The van der Waals surface area contributed by atoms with E-state index in [4.69, 9.17) is 38.7 Å². The lowest BCUT2D eigenvalue weighted by Crippen LogP contribution is -2.53. The zero-order valence-electron chi connectivity index (χ0n) is 38.5. The van der Waals surface area contributed by atoms with E-state index in [-0.39, 0.29) is 41.4 Å². The molecule has 69 heavy (non-hydrogen) atoms. The van der Waals surface area contributed by atoms with Gasteiger partial charge in [-0.15, -0.1) is 0 Å². The van der Waals surface area contributed by atoms with Gasteiger partial charge in [-0.3, -0.25) is 30.0 Å². The fourth-order valence-corrected chi connectivity index (χ4v) is 7.30. The summed E-state index contributed by atoms with van der Waals surface area (Å²) in [6.45, 7) is -0.503. The first-order chi connectivity index (χ1) is 32.7. The molecule has 0 bridgehead atoms. The average Bonchev–Trinajstić information content (AvgIpc) is 3.33. The summed E-state index contributed by atoms with van der Waals surface area (Å²) in [7, 11) is 0. The van der Waals surface area contributed by atoms with E-state index in [9.17, 15) is 55.2 Å². The number of nitrogens with zero attached hydrogens (tertiary/aromatic N) is 3. The second-order valence-corrected chi connectivity index (χ2v) is 17.1. The number of carbonyl (C=O) groups is 3. The summed E-state index contributed by atoms with van der Waals surface area (Å²) in [5.74, 6) is -2.07. The molecule has 1 unspecified atom stereocenters. The highest BCUT2D eigenvalue weighted by atomic mass is 35.5. The molecule has 0 spiro atoms. The number of nitrogen functional groups attached to an aromatic ring is 2. The van der Waals surface area contributed by atoms with Crippen molar-refractivity contribution in [1.82, 2.24) is 36.1 Å². The van der Waals surface area contributed by atoms with Gasteiger partial charge in [-0.25, -0.2) is 9.97 Å². The minimum absolute atomic E-state index is 0.0704. The molecule has 0 radical (unpaired) electrons. The molecule has 0 aliphatic rings. The molecule has 3 amide bonds. The number of unbranched alkanes of at least 4 members (excludes halogenated alkanes) is 2. The van der Waals surface area contributed by atoms with Crippen LogP contribution >= 0.6 is 11.6 Å². The van der Waals surface area contributed by atoms with Crippen molar-refractivity contribution in [2.24, 2.45) is 0 Å². The molecule has 0 saturated heterocycles. The first kappa shape index (κ1) is 58.2. The Morgan fingerprint density at radius 2 is 1.16 bits per heavy atom. The van der Waals surface area contributed by atoms with Crippen LogP contribution in [0.2, 0.25) is 5.15 Å². The molecule has 0 aliphatic carbocycles. The van der Waals surface area contributed by atoms with Crippen LogP contribution < -0.4 is 32.7 Å². The maximum absolute atomic E-state index is 13.2. The maximum atomic E-state index is 13.2. The van der Waals surface area contributed by atoms with Gasteiger partial charge in [0.05, 0.1) is 25.4 Å². The average molecular weight is 994 g/mol. The number of amides is 3. The van der Waals surface area contributed by atoms with Crippen molar-refractivity contribution < 1.29 is 65.4 Å². The van der Waals surface area contributed by atoms with Gasteiger partial charge in [-0.05, 0) is 80.2 Å². The molecular weight excluding hydrogens is 924 g/mol. The Labute approximate surface area is 405 Å². The summed E-state index contributed by atoms with van der Waals surface area (Å²) in [5.41, 5.74) is 15.3. The standard InChI is InChI=1S/C45H69ClN10O13/c1-25(59)52-30(9-3-5-20-56(21-31(60)36(64)38(66)33(62)23-57)22-32(61)37(65)39(67)34(63)24-58)43(68)50-19-6-8-27-12-16-29(17-13-27)28-14-10-26(11-15-28)7-2-4-18-51-45(49)55-44(69)35-41(47)54-42(48)40(46)53-35/h10-17,30-34,36-39,57-58,60-67H,2-9,18-24H2,1H3,(H,50,68)(H,52,59)(H4,47,48,54)(H3,49,51,55,69)/t30?,31-,32-,33+,34+,36+,37+,38+,39+/m0/s1. The van der Waals surface area contributed by atoms with Crippen LogP contribution in [0.15, 0.2) is 48.5 Å². The number of aliphatic hydroxyl groups excluding tert-OH is 10. The molecule has 0 fully saturated rings. The number of hydrogen-bond donors (Lipinski definition) is 17. The lowest BCUT2D eigenvalue weighted by molar-refractivity contribution is -0.130. The Bertz CT molecular complexity index is 2030. The van der Waals surface area contributed by atoms with Crippen LogP contribution in [0, 0.1) is 5.41 Å². The van der Waals surface area contributed by atoms with Gasteiger partial charge < -0.3 is 78.5 Å². The molecule has 23 nitrogen and oxygen atoms in total. The molecular formula is C45H69ClN10O13. The van der Waals surface area contributed by atoms with Crippen molar-refractivity contribution in [3.05, 3.63) is 70.5 Å². The molecule has 24 heteroatoms. The van der Waals surface area contributed by atoms with Crippen LogP contribution in [0.1, 0.15) is 67.1 Å². The molecule has 9 atom stereocenters. The van der Waals surface area contributed by atoms with E-state index in [1.54, 1.807) is 0 Å². The van der Waals surface area contributed by atoms with E-state index >= 15 is 0 Å². The van der Waals surface area contributed by atoms with Gasteiger partial charge >= 0.3 is 0 Å². The predicted octanol–water partition coefficient (Wildman–Crippen LogP) is -2.86. The predicted molar refractivity (Wildman–Crippen MR) is 255 cm³/mol. The molecule has 19 N–H and O–H groups in total. The van der Waals surface area contributed by atoms with E-state index in [1.165, 1.54) is 11.8 Å². The van der Waals surface area contributed by atoms with Crippen molar-refractivity contribution in [3.63, 3.8) is 0 Å². The smallest absolute Gasteiger partial charge is 0.280 e. The summed E-state index contributed by atoms with van der Waals surface area (Å²) < 4.78 is 0. The number of guanidine groups is 1. The number of rotatable bonds is 30. The molecule has 0 aliphatic heterocycles. The van der Waals surface area contributed by atoms with Gasteiger partial charge in [0.2, 0.25) is 11.8 Å². The highest BCUT2D eigenvalue weighted by Gasteiger charge is 2.34. The third-order valence-electron chi connectivity index (χ3n) is 11.2. The molecule has 0 saturated carbocycles.